The first kappa shape index (κ1) is 19.7. The highest BCUT2D eigenvalue weighted by molar-refractivity contribution is 7.13. The zero-order valence-electron chi connectivity index (χ0n) is 16.4. The maximum Gasteiger partial charge on any atom is 0.318 e. The Bertz CT molecular complexity index is 915. The lowest BCUT2D eigenvalue weighted by molar-refractivity contribution is -0.145. The zero-order valence-corrected chi connectivity index (χ0v) is 17.2. The Morgan fingerprint density at radius 1 is 1.34 bits per heavy atom. The van der Waals surface area contributed by atoms with E-state index in [1.165, 1.54) is 11.3 Å². The molecule has 11 heteroatoms. The number of carbonyl (C=O) groups is 2. The average molecular weight is 418 g/mol. The van der Waals surface area contributed by atoms with Crippen LogP contribution in [-0.4, -0.2) is 66.1 Å². The summed E-state index contributed by atoms with van der Waals surface area (Å²) in [5.74, 6) is -0.753. The molecule has 1 fully saturated rings. The van der Waals surface area contributed by atoms with Gasteiger partial charge in [0.05, 0.1) is 31.0 Å². The SMILES string of the molecule is CCOC(=O)C1CN(c2nccs2)c2nc(N3CC(NOC)C3)nc(C)c2C1=O. The number of anilines is 3. The number of nitrogens with one attached hydrogen (secondary N) is 1. The summed E-state index contributed by atoms with van der Waals surface area (Å²) < 4.78 is 5.12. The molecule has 2 aromatic heterocycles. The van der Waals surface area contributed by atoms with Gasteiger partial charge in [0.15, 0.2) is 16.7 Å². The van der Waals surface area contributed by atoms with Gasteiger partial charge in [-0.2, -0.15) is 10.5 Å². The molecule has 1 unspecified atom stereocenters. The number of rotatable bonds is 6. The number of ether oxygens (including phenoxy) is 1. The van der Waals surface area contributed by atoms with Crippen LogP contribution in [0.15, 0.2) is 11.6 Å². The van der Waals surface area contributed by atoms with Crippen molar-refractivity contribution in [1.82, 2.24) is 20.4 Å². The summed E-state index contributed by atoms with van der Waals surface area (Å²) in [5.41, 5.74) is 3.79. The highest BCUT2D eigenvalue weighted by Gasteiger charge is 2.42. The number of nitrogens with zero attached hydrogens (tertiary/aromatic N) is 5. The van der Waals surface area contributed by atoms with E-state index in [9.17, 15) is 9.59 Å². The van der Waals surface area contributed by atoms with Crippen LogP contribution in [0.25, 0.3) is 0 Å². The number of carbonyl (C=O) groups excluding carboxylic acids is 2. The van der Waals surface area contributed by atoms with E-state index in [1.54, 1.807) is 27.2 Å². The number of Topliss-reactive ketones (excluding diaryl/α,β-unsaturated/α-hetero) is 1. The number of fused-ring (bicyclic) bond motifs is 1. The normalized spacial score (nSPS) is 19.1. The maximum atomic E-state index is 13.1. The molecular formula is C18H22N6O4S. The van der Waals surface area contributed by atoms with Crippen molar-refractivity contribution in [2.75, 3.05) is 43.2 Å². The minimum atomic E-state index is -0.932. The third-order valence-corrected chi connectivity index (χ3v) is 5.71. The molecule has 2 aromatic rings. The molecule has 1 saturated heterocycles. The van der Waals surface area contributed by atoms with Crippen molar-refractivity contribution in [1.29, 1.82) is 0 Å². The van der Waals surface area contributed by atoms with Gasteiger partial charge in [-0.05, 0) is 13.8 Å². The molecule has 29 heavy (non-hydrogen) atoms. The summed E-state index contributed by atoms with van der Waals surface area (Å²) in [7, 11) is 1.58. The molecule has 2 aliphatic rings. The highest BCUT2D eigenvalue weighted by Crippen LogP contribution is 2.38. The minimum absolute atomic E-state index is 0.141. The van der Waals surface area contributed by atoms with Crippen LogP contribution in [0.2, 0.25) is 0 Å². The van der Waals surface area contributed by atoms with Gasteiger partial charge in [-0.25, -0.2) is 9.97 Å². The van der Waals surface area contributed by atoms with Gasteiger partial charge in [0.25, 0.3) is 0 Å². The van der Waals surface area contributed by atoms with Crippen molar-refractivity contribution in [3.63, 3.8) is 0 Å². The number of aromatic nitrogens is 3. The van der Waals surface area contributed by atoms with E-state index >= 15 is 0 Å². The van der Waals surface area contributed by atoms with E-state index < -0.39 is 11.9 Å². The molecule has 0 amide bonds. The minimum Gasteiger partial charge on any atom is -0.465 e. The topological polar surface area (TPSA) is 110 Å². The lowest BCUT2D eigenvalue weighted by Crippen LogP contribution is -2.58. The summed E-state index contributed by atoms with van der Waals surface area (Å²) in [6.45, 7) is 5.23. The van der Waals surface area contributed by atoms with Crippen molar-refractivity contribution >= 4 is 40.0 Å². The number of ketones is 1. The van der Waals surface area contributed by atoms with Crippen LogP contribution < -0.4 is 15.3 Å². The molecule has 0 aliphatic carbocycles. The quantitative estimate of drug-likeness (QED) is 0.416. The Labute approximate surface area is 171 Å². The average Bonchev–Trinajstić information content (AvgIpc) is 3.18. The first-order valence-electron chi connectivity index (χ1n) is 9.33. The van der Waals surface area contributed by atoms with Crippen molar-refractivity contribution in [2.45, 2.75) is 19.9 Å². The molecular weight excluding hydrogens is 396 g/mol. The monoisotopic (exact) mass is 418 g/mol. The lowest BCUT2D eigenvalue weighted by Gasteiger charge is -2.40. The zero-order chi connectivity index (χ0) is 20.5. The van der Waals surface area contributed by atoms with E-state index in [0.717, 1.165) is 0 Å². The van der Waals surface area contributed by atoms with Crippen LogP contribution in [-0.2, 0) is 14.4 Å². The number of hydroxylamine groups is 1. The molecule has 0 saturated carbocycles. The van der Waals surface area contributed by atoms with Crippen molar-refractivity contribution in [3.05, 3.63) is 22.8 Å². The summed E-state index contributed by atoms with van der Waals surface area (Å²) in [6.07, 6.45) is 1.68. The van der Waals surface area contributed by atoms with E-state index in [2.05, 4.69) is 20.4 Å². The van der Waals surface area contributed by atoms with Gasteiger partial charge in [-0.15, -0.1) is 11.3 Å². The molecule has 0 bridgehead atoms. The van der Waals surface area contributed by atoms with Gasteiger partial charge in [0, 0.05) is 31.2 Å². The maximum absolute atomic E-state index is 13.1. The van der Waals surface area contributed by atoms with Gasteiger partial charge >= 0.3 is 5.97 Å². The molecule has 4 rings (SSSR count). The largest absolute Gasteiger partial charge is 0.465 e. The van der Waals surface area contributed by atoms with Crippen LogP contribution in [0.1, 0.15) is 23.0 Å². The van der Waals surface area contributed by atoms with Gasteiger partial charge in [-0.1, -0.05) is 0 Å². The number of hydrogen-bond donors (Lipinski definition) is 1. The van der Waals surface area contributed by atoms with Crippen molar-refractivity contribution in [3.8, 4) is 0 Å². The second-order valence-electron chi connectivity index (χ2n) is 6.83. The van der Waals surface area contributed by atoms with Crippen molar-refractivity contribution in [2.24, 2.45) is 5.92 Å². The van der Waals surface area contributed by atoms with Gasteiger partial charge in [0.2, 0.25) is 5.95 Å². The van der Waals surface area contributed by atoms with E-state index in [0.29, 0.717) is 41.2 Å². The standard InChI is InChI=1S/C18H22N6O4S/c1-4-28-16(26)12-9-24(18-19-5-6-29-18)15-13(14(12)25)10(2)20-17(21-15)23-7-11(8-23)22-27-3/h5-6,11-12,22H,4,7-9H2,1-3H3. The smallest absolute Gasteiger partial charge is 0.318 e. The predicted octanol–water partition coefficient (Wildman–Crippen LogP) is 1.09. The number of hydrogen-bond acceptors (Lipinski definition) is 11. The van der Waals surface area contributed by atoms with Crippen LogP contribution in [0.4, 0.5) is 16.9 Å². The molecule has 0 radical (unpaired) electrons. The third kappa shape index (κ3) is 3.56. The summed E-state index contributed by atoms with van der Waals surface area (Å²) >= 11 is 1.42. The molecule has 2 aliphatic heterocycles. The molecule has 1 atom stereocenters. The van der Waals surface area contributed by atoms with E-state index in [1.807, 2.05) is 15.2 Å². The highest BCUT2D eigenvalue weighted by atomic mass is 32.1. The first-order chi connectivity index (χ1) is 14.0. The Balaban J connectivity index is 1.72. The van der Waals surface area contributed by atoms with Crippen LogP contribution in [0.3, 0.4) is 0 Å². The van der Waals surface area contributed by atoms with E-state index in [-0.39, 0.29) is 25.0 Å². The molecule has 10 nitrogen and oxygen atoms in total. The third-order valence-electron chi connectivity index (χ3n) is 4.91. The van der Waals surface area contributed by atoms with Crippen LogP contribution in [0, 0.1) is 12.8 Å². The predicted molar refractivity (Wildman–Crippen MR) is 106 cm³/mol. The second-order valence-corrected chi connectivity index (χ2v) is 7.70. The van der Waals surface area contributed by atoms with Crippen LogP contribution >= 0.6 is 11.3 Å². The molecule has 4 heterocycles. The Morgan fingerprint density at radius 2 is 2.14 bits per heavy atom. The second kappa shape index (κ2) is 8.01. The summed E-state index contributed by atoms with van der Waals surface area (Å²) in [4.78, 5) is 47.9. The Morgan fingerprint density at radius 3 is 2.79 bits per heavy atom. The van der Waals surface area contributed by atoms with Crippen LogP contribution in [0.5, 0.6) is 0 Å². The fourth-order valence-electron chi connectivity index (χ4n) is 3.52. The molecule has 0 aromatic carbocycles. The fraction of sp³-hybridized carbons (Fsp3) is 0.500. The fourth-order valence-corrected chi connectivity index (χ4v) is 4.17. The summed E-state index contributed by atoms with van der Waals surface area (Å²) in [5, 5.41) is 2.51. The molecule has 154 valence electrons. The molecule has 0 spiro atoms. The Hall–Kier alpha value is -2.63. The Kier molecular flexibility index (Phi) is 5.43. The first-order valence-corrected chi connectivity index (χ1v) is 10.2. The number of esters is 1. The number of thiazole rings is 1. The van der Waals surface area contributed by atoms with E-state index in [4.69, 9.17) is 9.57 Å². The number of aryl methyl sites for hydroxylation is 1. The van der Waals surface area contributed by atoms with Gasteiger partial charge in [0.1, 0.15) is 5.92 Å². The van der Waals surface area contributed by atoms with Gasteiger partial charge in [-0.3, -0.25) is 9.59 Å². The van der Waals surface area contributed by atoms with Gasteiger partial charge < -0.3 is 19.4 Å². The van der Waals surface area contributed by atoms with Crippen molar-refractivity contribution < 1.29 is 19.2 Å². The summed E-state index contributed by atoms with van der Waals surface area (Å²) in [6, 6.07) is 0.199. The molecule has 1 N–H and O–H groups in total. The lowest BCUT2D eigenvalue weighted by atomic mass is 9.92.